The molecule has 0 bridgehead atoms. The van der Waals surface area contributed by atoms with E-state index in [9.17, 15) is 14.4 Å². The normalized spacial score (nSPS) is 22.8. The first-order valence-electron chi connectivity index (χ1n) is 9.69. The van der Waals surface area contributed by atoms with E-state index in [-0.39, 0.29) is 23.7 Å². The highest BCUT2D eigenvalue weighted by Crippen LogP contribution is 2.33. The lowest BCUT2D eigenvalue weighted by Gasteiger charge is -2.36. The molecule has 144 valence electrons. The number of rotatable bonds is 3. The van der Waals surface area contributed by atoms with Crippen molar-refractivity contribution >= 4 is 5.91 Å². The molecule has 6 heteroatoms. The molecule has 0 aromatic heterocycles. The van der Waals surface area contributed by atoms with Crippen LogP contribution in [0.4, 0.5) is 4.39 Å². The lowest BCUT2D eigenvalue weighted by atomic mass is 9.80. The van der Waals surface area contributed by atoms with Crippen molar-refractivity contribution in [2.45, 2.75) is 24.8 Å². The third-order valence-corrected chi connectivity index (χ3v) is 5.91. The van der Waals surface area contributed by atoms with E-state index >= 15 is 0 Å². The fourth-order valence-corrected chi connectivity index (χ4v) is 4.42. The summed E-state index contributed by atoms with van der Waals surface area (Å²) in [7, 11) is 0. The highest BCUT2D eigenvalue weighted by atomic mass is 19.1. The Balaban J connectivity index is 1.42. The minimum Gasteiger partial charge on any atom is -0.339 e. The zero-order chi connectivity index (χ0) is 19.5. The van der Waals surface area contributed by atoms with Gasteiger partial charge in [-0.25, -0.2) is 4.39 Å². The SMILES string of the molecule is N#Cc1ccccc1C(=O)N1CCC(C2NNCC2c2cccc(F)c2)CC1. The molecule has 2 heterocycles. The number of hydrogen-bond acceptors (Lipinski definition) is 4. The average Bonchev–Trinajstić information content (AvgIpc) is 3.23. The van der Waals surface area contributed by atoms with Crippen molar-refractivity contribution in [2.75, 3.05) is 19.6 Å². The molecular weight excluding hydrogens is 355 g/mol. The van der Waals surface area contributed by atoms with Gasteiger partial charge in [-0.1, -0.05) is 24.3 Å². The quantitative estimate of drug-likeness (QED) is 0.862. The topological polar surface area (TPSA) is 68.2 Å². The maximum Gasteiger partial charge on any atom is 0.255 e. The zero-order valence-corrected chi connectivity index (χ0v) is 15.6. The summed E-state index contributed by atoms with van der Waals surface area (Å²) >= 11 is 0. The van der Waals surface area contributed by atoms with Gasteiger partial charge in [-0.2, -0.15) is 5.26 Å². The molecule has 2 aromatic carbocycles. The molecule has 0 radical (unpaired) electrons. The smallest absolute Gasteiger partial charge is 0.255 e. The summed E-state index contributed by atoms with van der Waals surface area (Å²) in [5, 5.41) is 9.25. The number of amides is 1. The van der Waals surface area contributed by atoms with E-state index < -0.39 is 0 Å². The fraction of sp³-hybridized carbons (Fsp3) is 0.364. The number of benzene rings is 2. The van der Waals surface area contributed by atoms with Crippen molar-refractivity contribution in [2.24, 2.45) is 5.92 Å². The summed E-state index contributed by atoms with van der Waals surface area (Å²) in [4.78, 5) is 14.7. The maximum absolute atomic E-state index is 13.6. The Morgan fingerprint density at radius 2 is 1.93 bits per heavy atom. The monoisotopic (exact) mass is 378 g/mol. The number of likely N-dealkylation sites (tertiary alicyclic amines) is 1. The molecule has 0 spiro atoms. The van der Waals surface area contributed by atoms with Crippen molar-refractivity contribution in [3.05, 3.63) is 71.0 Å². The van der Waals surface area contributed by atoms with Crippen LogP contribution in [-0.2, 0) is 0 Å². The molecule has 2 saturated heterocycles. The average molecular weight is 378 g/mol. The fourth-order valence-electron chi connectivity index (χ4n) is 4.42. The van der Waals surface area contributed by atoms with Crippen LogP contribution in [-0.4, -0.2) is 36.5 Å². The Bertz CT molecular complexity index is 901. The van der Waals surface area contributed by atoms with E-state index in [0.29, 0.717) is 30.1 Å². The van der Waals surface area contributed by atoms with E-state index in [2.05, 4.69) is 16.9 Å². The Labute approximate surface area is 164 Å². The molecule has 2 atom stereocenters. The second-order valence-corrected chi connectivity index (χ2v) is 7.50. The molecule has 28 heavy (non-hydrogen) atoms. The lowest BCUT2D eigenvalue weighted by molar-refractivity contribution is 0.0669. The number of carbonyl (C=O) groups is 1. The summed E-state index contributed by atoms with van der Waals surface area (Å²) in [5.74, 6) is 0.329. The Morgan fingerprint density at radius 3 is 2.68 bits per heavy atom. The number of hydrogen-bond donors (Lipinski definition) is 2. The van der Waals surface area contributed by atoms with Crippen LogP contribution in [0.2, 0.25) is 0 Å². The second-order valence-electron chi connectivity index (χ2n) is 7.50. The predicted octanol–water partition coefficient (Wildman–Crippen LogP) is 2.81. The molecule has 2 aliphatic rings. The van der Waals surface area contributed by atoms with Crippen molar-refractivity contribution in [3.8, 4) is 6.07 Å². The van der Waals surface area contributed by atoms with Gasteiger partial charge in [-0.15, -0.1) is 0 Å². The number of piperidine rings is 1. The molecule has 2 aromatic rings. The Hall–Kier alpha value is -2.75. The largest absolute Gasteiger partial charge is 0.339 e. The van der Waals surface area contributed by atoms with E-state index in [1.54, 1.807) is 36.4 Å². The summed E-state index contributed by atoms with van der Waals surface area (Å²) in [6.07, 6.45) is 1.76. The number of hydrazine groups is 1. The van der Waals surface area contributed by atoms with Gasteiger partial charge in [0.1, 0.15) is 5.82 Å². The van der Waals surface area contributed by atoms with Gasteiger partial charge in [0, 0.05) is 31.6 Å². The molecule has 2 N–H and O–H groups in total. The highest BCUT2D eigenvalue weighted by molar-refractivity contribution is 5.96. The maximum atomic E-state index is 13.6. The van der Waals surface area contributed by atoms with Crippen molar-refractivity contribution in [3.63, 3.8) is 0 Å². The molecule has 0 aliphatic carbocycles. The van der Waals surface area contributed by atoms with Crippen molar-refractivity contribution in [1.29, 1.82) is 5.26 Å². The first-order chi connectivity index (χ1) is 13.7. The molecular formula is C22H23FN4O. The van der Waals surface area contributed by atoms with E-state index in [0.717, 1.165) is 24.9 Å². The Morgan fingerprint density at radius 1 is 1.14 bits per heavy atom. The molecule has 2 fully saturated rings. The van der Waals surface area contributed by atoms with Crippen LogP contribution in [0, 0.1) is 23.1 Å². The van der Waals surface area contributed by atoms with Gasteiger partial charge in [-0.3, -0.25) is 15.6 Å². The molecule has 5 nitrogen and oxygen atoms in total. The van der Waals surface area contributed by atoms with Crippen molar-refractivity contribution < 1.29 is 9.18 Å². The summed E-state index contributed by atoms with van der Waals surface area (Å²) in [5.41, 5.74) is 8.49. The number of halogens is 1. The lowest BCUT2D eigenvalue weighted by Crippen LogP contribution is -2.46. The van der Waals surface area contributed by atoms with Gasteiger partial charge in [-0.05, 0) is 48.6 Å². The number of nitrogens with zero attached hydrogens (tertiary/aromatic N) is 2. The van der Waals surface area contributed by atoms with Crippen LogP contribution < -0.4 is 10.9 Å². The third kappa shape index (κ3) is 3.64. The van der Waals surface area contributed by atoms with Crippen LogP contribution in [0.15, 0.2) is 48.5 Å². The summed E-state index contributed by atoms with van der Waals surface area (Å²) < 4.78 is 13.6. The van der Waals surface area contributed by atoms with Crippen LogP contribution in [0.3, 0.4) is 0 Å². The summed E-state index contributed by atoms with van der Waals surface area (Å²) in [6.45, 7) is 2.09. The minimum absolute atomic E-state index is 0.0743. The van der Waals surface area contributed by atoms with E-state index in [4.69, 9.17) is 0 Å². The van der Waals surface area contributed by atoms with Crippen molar-refractivity contribution in [1.82, 2.24) is 15.8 Å². The Kier molecular flexibility index (Phi) is 5.38. The molecule has 4 rings (SSSR count). The second kappa shape index (κ2) is 8.09. The standard InChI is InChI=1S/C22H23FN4O/c23-18-6-3-5-16(12-18)20-14-25-26-21(20)15-8-10-27(11-9-15)22(28)19-7-2-1-4-17(19)13-24/h1-7,12,15,20-21,25-26H,8-11,14H2. The molecule has 2 unspecified atom stereocenters. The first-order valence-corrected chi connectivity index (χ1v) is 9.69. The van der Waals surface area contributed by atoms with Gasteiger partial charge in [0.2, 0.25) is 0 Å². The van der Waals surface area contributed by atoms with Crippen LogP contribution in [0.25, 0.3) is 0 Å². The zero-order valence-electron chi connectivity index (χ0n) is 15.6. The number of nitrogens with one attached hydrogen (secondary N) is 2. The van der Waals surface area contributed by atoms with Gasteiger partial charge in [0.15, 0.2) is 0 Å². The molecule has 2 aliphatic heterocycles. The van der Waals surface area contributed by atoms with E-state index in [1.807, 2.05) is 11.0 Å². The molecule has 0 saturated carbocycles. The number of carbonyl (C=O) groups excluding carboxylic acids is 1. The van der Waals surface area contributed by atoms with Gasteiger partial charge >= 0.3 is 0 Å². The minimum atomic E-state index is -0.209. The predicted molar refractivity (Wildman–Crippen MR) is 104 cm³/mol. The number of nitriles is 1. The summed E-state index contributed by atoms with van der Waals surface area (Å²) in [6, 6.07) is 16.1. The highest BCUT2D eigenvalue weighted by Gasteiger charge is 2.37. The van der Waals surface area contributed by atoms with Crippen LogP contribution in [0.1, 0.15) is 40.2 Å². The third-order valence-electron chi connectivity index (χ3n) is 5.91. The van der Waals surface area contributed by atoms with Gasteiger partial charge in [0.25, 0.3) is 5.91 Å². The van der Waals surface area contributed by atoms with Gasteiger partial charge in [0.05, 0.1) is 17.2 Å². The van der Waals surface area contributed by atoms with E-state index in [1.165, 1.54) is 6.07 Å². The first kappa shape index (κ1) is 18.6. The van der Waals surface area contributed by atoms with Crippen LogP contribution in [0.5, 0.6) is 0 Å². The van der Waals surface area contributed by atoms with Gasteiger partial charge < -0.3 is 4.90 Å². The van der Waals surface area contributed by atoms with Crippen LogP contribution >= 0.6 is 0 Å². The molecule has 1 amide bonds.